The first-order valence-electron chi connectivity index (χ1n) is 10.2. The molecular weight excluding hydrogens is 403 g/mol. The minimum absolute atomic E-state index is 0.191. The Morgan fingerprint density at radius 1 is 1.30 bits per heavy atom. The van der Waals surface area contributed by atoms with E-state index in [9.17, 15) is 9.18 Å². The van der Waals surface area contributed by atoms with E-state index in [4.69, 9.17) is 9.26 Å². The first-order chi connectivity index (χ1) is 14.6. The minimum atomic E-state index is -0.646. The molecule has 1 fully saturated rings. The van der Waals surface area contributed by atoms with Gasteiger partial charge in [-0.25, -0.2) is 4.39 Å². The topological polar surface area (TPSA) is 55.6 Å². The van der Waals surface area contributed by atoms with Crippen LogP contribution in [0.25, 0.3) is 11.3 Å². The van der Waals surface area contributed by atoms with Crippen LogP contribution in [-0.2, 0) is 22.5 Å². The highest BCUT2D eigenvalue weighted by molar-refractivity contribution is 7.07. The van der Waals surface area contributed by atoms with Crippen LogP contribution in [0.3, 0.4) is 0 Å². The van der Waals surface area contributed by atoms with Crippen LogP contribution in [0.1, 0.15) is 31.1 Å². The predicted molar refractivity (Wildman–Crippen MR) is 113 cm³/mol. The lowest BCUT2D eigenvalue weighted by Crippen LogP contribution is -2.46. The van der Waals surface area contributed by atoms with Crippen LogP contribution in [0.15, 0.2) is 51.7 Å². The summed E-state index contributed by atoms with van der Waals surface area (Å²) in [4.78, 5) is 15.3. The Morgan fingerprint density at radius 2 is 2.10 bits per heavy atom. The van der Waals surface area contributed by atoms with Gasteiger partial charge in [-0.05, 0) is 67.4 Å². The quantitative estimate of drug-likeness (QED) is 0.500. The van der Waals surface area contributed by atoms with E-state index in [1.54, 1.807) is 35.6 Å². The molecule has 5 nitrogen and oxygen atoms in total. The van der Waals surface area contributed by atoms with Crippen molar-refractivity contribution in [2.75, 3.05) is 19.7 Å². The fourth-order valence-corrected chi connectivity index (χ4v) is 4.70. The summed E-state index contributed by atoms with van der Waals surface area (Å²) in [7, 11) is 0. The molecule has 1 aromatic carbocycles. The van der Waals surface area contributed by atoms with E-state index in [-0.39, 0.29) is 11.8 Å². The average Bonchev–Trinajstić information content (AvgIpc) is 3.42. The van der Waals surface area contributed by atoms with Gasteiger partial charge in [-0.15, -0.1) is 0 Å². The van der Waals surface area contributed by atoms with Gasteiger partial charge in [0.1, 0.15) is 17.3 Å². The molecule has 0 atom stereocenters. The third-order valence-electron chi connectivity index (χ3n) is 5.73. The van der Waals surface area contributed by atoms with Crippen LogP contribution in [0.2, 0.25) is 0 Å². The summed E-state index contributed by atoms with van der Waals surface area (Å²) < 4.78 is 25.0. The molecule has 0 bridgehead atoms. The van der Waals surface area contributed by atoms with E-state index < -0.39 is 5.41 Å². The van der Waals surface area contributed by atoms with Gasteiger partial charge in [0.25, 0.3) is 0 Å². The minimum Gasteiger partial charge on any atom is -0.466 e. The molecule has 0 saturated carbocycles. The van der Waals surface area contributed by atoms with E-state index in [0.717, 1.165) is 19.6 Å². The summed E-state index contributed by atoms with van der Waals surface area (Å²) in [5, 5.41) is 8.28. The van der Waals surface area contributed by atoms with Crippen LogP contribution in [0.5, 0.6) is 0 Å². The van der Waals surface area contributed by atoms with Crippen LogP contribution < -0.4 is 0 Å². The zero-order valence-electron chi connectivity index (χ0n) is 17.0. The summed E-state index contributed by atoms with van der Waals surface area (Å²) in [5.41, 5.74) is 1.49. The van der Waals surface area contributed by atoms with Gasteiger partial charge in [0, 0.05) is 24.6 Å². The predicted octanol–water partition coefficient (Wildman–Crippen LogP) is 4.93. The van der Waals surface area contributed by atoms with Crippen molar-refractivity contribution < 1.29 is 18.4 Å². The molecule has 0 radical (unpaired) electrons. The van der Waals surface area contributed by atoms with Crippen LogP contribution in [0, 0.1) is 11.2 Å². The molecule has 0 aliphatic carbocycles. The third kappa shape index (κ3) is 4.47. The van der Waals surface area contributed by atoms with E-state index in [1.807, 2.05) is 6.92 Å². The van der Waals surface area contributed by atoms with E-state index in [1.165, 1.54) is 11.6 Å². The Morgan fingerprint density at radius 3 is 2.80 bits per heavy atom. The second-order valence-electron chi connectivity index (χ2n) is 7.74. The zero-order chi connectivity index (χ0) is 21.0. The van der Waals surface area contributed by atoms with E-state index in [0.29, 0.717) is 42.9 Å². The highest BCUT2D eigenvalue weighted by Gasteiger charge is 2.43. The van der Waals surface area contributed by atoms with Crippen molar-refractivity contribution in [3.05, 3.63) is 64.3 Å². The smallest absolute Gasteiger partial charge is 0.312 e. The van der Waals surface area contributed by atoms with Gasteiger partial charge >= 0.3 is 5.97 Å². The number of carbonyl (C=O) groups is 1. The number of piperidine rings is 1. The van der Waals surface area contributed by atoms with Gasteiger partial charge in [0.15, 0.2) is 0 Å². The largest absolute Gasteiger partial charge is 0.466 e. The molecule has 30 heavy (non-hydrogen) atoms. The van der Waals surface area contributed by atoms with Gasteiger partial charge in [-0.1, -0.05) is 17.3 Å². The number of nitrogens with zero attached hydrogens (tertiary/aromatic N) is 2. The number of ether oxygens (including phenoxy) is 1. The van der Waals surface area contributed by atoms with Crippen molar-refractivity contribution in [1.82, 2.24) is 10.1 Å². The summed E-state index contributed by atoms with van der Waals surface area (Å²) in [6.07, 6.45) is 1.77. The maximum atomic E-state index is 14.1. The maximum Gasteiger partial charge on any atom is 0.312 e. The summed E-state index contributed by atoms with van der Waals surface area (Å²) >= 11 is 1.70. The highest BCUT2D eigenvalue weighted by Crippen LogP contribution is 2.38. The molecule has 1 aliphatic rings. The van der Waals surface area contributed by atoms with E-state index >= 15 is 0 Å². The lowest BCUT2D eigenvalue weighted by atomic mass is 9.75. The Balaban J connectivity index is 1.50. The normalized spacial score (nSPS) is 16.5. The standard InChI is InChI=1S/C23H25FN2O3S/c1-2-28-22(27)23(8-10-26(11-9-23)15-17-7-12-30-16-17)14-18-13-21(25-29-18)19-5-3-4-6-20(19)24/h3-7,12-13,16H,2,8-11,14-15H2,1H3. The van der Waals surface area contributed by atoms with Crippen LogP contribution in [0.4, 0.5) is 4.39 Å². The molecule has 4 rings (SSSR count). The Labute approximate surface area is 179 Å². The molecule has 3 heterocycles. The SMILES string of the molecule is CCOC(=O)C1(Cc2cc(-c3ccccc3F)no2)CCN(Cc2ccsc2)CC1. The van der Waals surface area contributed by atoms with Crippen LogP contribution >= 0.6 is 11.3 Å². The van der Waals surface area contributed by atoms with Crippen molar-refractivity contribution in [3.63, 3.8) is 0 Å². The molecule has 7 heteroatoms. The Hall–Kier alpha value is -2.51. The van der Waals surface area contributed by atoms with Crippen LogP contribution in [-0.4, -0.2) is 35.7 Å². The van der Waals surface area contributed by atoms with Crippen molar-refractivity contribution >= 4 is 17.3 Å². The van der Waals surface area contributed by atoms with Gasteiger partial charge in [0.05, 0.1) is 12.0 Å². The summed E-state index contributed by atoms with van der Waals surface area (Å²) in [6, 6.07) is 10.3. The molecular formula is C23H25FN2O3S. The number of thiophene rings is 1. The Kier molecular flexibility index (Phi) is 6.29. The number of rotatable bonds is 7. The fraction of sp³-hybridized carbons (Fsp3) is 0.391. The van der Waals surface area contributed by atoms with Gasteiger partial charge in [0.2, 0.25) is 0 Å². The average molecular weight is 429 g/mol. The van der Waals surface area contributed by atoms with E-state index in [2.05, 4.69) is 26.9 Å². The Bertz CT molecular complexity index is 978. The first kappa shape index (κ1) is 20.8. The number of benzene rings is 1. The van der Waals surface area contributed by atoms with Gasteiger partial charge in [-0.2, -0.15) is 11.3 Å². The molecule has 158 valence electrons. The number of halogens is 1. The number of hydrogen-bond donors (Lipinski definition) is 0. The second kappa shape index (κ2) is 9.10. The zero-order valence-corrected chi connectivity index (χ0v) is 17.8. The van der Waals surface area contributed by atoms with Crippen molar-refractivity contribution in [3.8, 4) is 11.3 Å². The third-order valence-corrected chi connectivity index (χ3v) is 6.46. The first-order valence-corrected chi connectivity index (χ1v) is 11.1. The number of esters is 1. The second-order valence-corrected chi connectivity index (χ2v) is 8.52. The maximum absolute atomic E-state index is 14.1. The van der Waals surface area contributed by atoms with Crippen molar-refractivity contribution in [2.45, 2.75) is 32.7 Å². The molecule has 0 unspecified atom stereocenters. The number of carbonyl (C=O) groups excluding carboxylic acids is 1. The molecule has 1 saturated heterocycles. The molecule has 0 N–H and O–H groups in total. The highest BCUT2D eigenvalue weighted by atomic mass is 32.1. The molecule has 2 aromatic heterocycles. The molecule has 0 amide bonds. The number of hydrogen-bond acceptors (Lipinski definition) is 6. The molecule has 0 spiro atoms. The van der Waals surface area contributed by atoms with Gasteiger partial charge < -0.3 is 9.26 Å². The van der Waals surface area contributed by atoms with Crippen molar-refractivity contribution in [2.24, 2.45) is 5.41 Å². The fourth-order valence-electron chi connectivity index (χ4n) is 4.04. The van der Waals surface area contributed by atoms with Gasteiger partial charge in [-0.3, -0.25) is 9.69 Å². The lowest BCUT2D eigenvalue weighted by Gasteiger charge is -2.39. The monoisotopic (exact) mass is 428 g/mol. The summed E-state index contributed by atoms with van der Waals surface area (Å²) in [6.45, 7) is 4.67. The van der Waals surface area contributed by atoms with Crippen molar-refractivity contribution in [1.29, 1.82) is 0 Å². The molecule has 1 aliphatic heterocycles. The summed E-state index contributed by atoms with van der Waals surface area (Å²) in [5.74, 6) is 0.0378. The number of aromatic nitrogens is 1. The lowest BCUT2D eigenvalue weighted by molar-refractivity contribution is -0.159. The molecule has 3 aromatic rings. The number of likely N-dealkylation sites (tertiary alicyclic amines) is 1.